The van der Waals surface area contributed by atoms with Crippen LogP contribution in [0.2, 0.25) is 0 Å². The van der Waals surface area contributed by atoms with Gasteiger partial charge < -0.3 is 4.74 Å². The van der Waals surface area contributed by atoms with Crippen LogP contribution in [-0.4, -0.2) is 18.9 Å². The first kappa shape index (κ1) is 9.83. The summed E-state index contributed by atoms with van der Waals surface area (Å²) in [5.41, 5.74) is 1.69. The Morgan fingerprint density at radius 3 is 3.13 bits per heavy atom. The first-order valence-electron chi connectivity index (χ1n) is 4.87. The smallest absolute Gasteiger partial charge is 0.150 e. The van der Waals surface area contributed by atoms with Gasteiger partial charge >= 0.3 is 0 Å². The van der Waals surface area contributed by atoms with Crippen LogP contribution < -0.4 is 4.74 Å². The van der Waals surface area contributed by atoms with Crippen molar-refractivity contribution in [2.45, 2.75) is 18.9 Å². The summed E-state index contributed by atoms with van der Waals surface area (Å²) < 4.78 is 5.56. The maximum Gasteiger partial charge on any atom is 0.150 e. The Balaban J connectivity index is 2.20. The molecule has 4 nitrogen and oxygen atoms in total. The molecule has 1 atom stereocenters. The second-order valence-corrected chi connectivity index (χ2v) is 3.58. The second kappa shape index (κ2) is 4.21. The molecule has 0 aromatic heterocycles. The zero-order valence-electron chi connectivity index (χ0n) is 8.18. The van der Waals surface area contributed by atoms with E-state index in [1.54, 1.807) is 12.1 Å². The number of aryl methyl sites for hydroxylation is 1. The highest BCUT2D eigenvalue weighted by Gasteiger charge is 2.19. The molecule has 0 bridgehead atoms. The van der Waals surface area contributed by atoms with E-state index in [1.807, 2.05) is 6.07 Å². The summed E-state index contributed by atoms with van der Waals surface area (Å²) in [5, 5.41) is 2.83. The second-order valence-electron chi connectivity index (χ2n) is 3.58. The summed E-state index contributed by atoms with van der Waals surface area (Å²) in [6.07, 6.45) is 2.31. The van der Waals surface area contributed by atoms with Gasteiger partial charge in [-0.15, -0.1) is 0 Å². The third kappa shape index (κ3) is 2.03. The largest absolute Gasteiger partial charge is 0.488 e. The van der Waals surface area contributed by atoms with Gasteiger partial charge in [-0.05, 0) is 36.6 Å². The lowest BCUT2D eigenvalue weighted by Gasteiger charge is -2.24. The van der Waals surface area contributed by atoms with Gasteiger partial charge in [0, 0.05) is 5.56 Å². The van der Waals surface area contributed by atoms with E-state index in [1.165, 1.54) is 0 Å². The molecule has 0 aliphatic carbocycles. The van der Waals surface area contributed by atoms with Crippen molar-refractivity contribution in [3.63, 3.8) is 0 Å². The minimum Gasteiger partial charge on any atom is -0.488 e. The third-order valence-electron chi connectivity index (χ3n) is 2.53. The number of aldehydes is 1. The summed E-state index contributed by atoms with van der Waals surface area (Å²) in [6.45, 7) is 0.189. The number of hydrogen-bond donors (Lipinski definition) is 0. The molecule has 0 N–H and O–H groups in total. The SMILES string of the molecule is O=Cc1ccc2c(c1)CCC(CN=O)O2. The number of rotatable bonds is 3. The molecule has 1 heterocycles. The van der Waals surface area contributed by atoms with Gasteiger partial charge in [0.2, 0.25) is 0 Å². The molecule has 0 radical (unpaired) electrons. The number of nitrogens with zero attached hydrogens (tertiary/aromatic N) is 1. The van der Waals surface area contributed by atoms with Crippen LogP contribution in [0.15, 0.2) is 23.4 Å². The highest BCUT2D eigenvalue weighted by atomic mass is 16.5. The first-order valence-corrected chi connectivity index (χ1v) is 4.87. The van der Waals surface area contributed by atoms with Crippen molar-refractivity contribution in [2.75, 3.05) is 6.54 Å². The van der Waals surface area contributed by atoms with E-state index in [2.05, 4.69) is 5.18 Å². The minimum absolute atomic E-state index is 0.114. The molecule has 1 unspecified atom stereocenters. The fourth-order valence-electron chi connectivity index (χ4n) is 1.75. The molecular formula is C11H11NO3. The number of benzene rings is 1. The summed E-state index contributed by atoms with van der Waals surface area (Å²) in [4.78, 5) is 20.7. The van der Waals surface area contributed by atoms with Gasteiger partial charge in [0.15, 0.2) is 0 Å². The average Bonchev–Trinajstić information content (AvgIpc) is 2.29. The number of carbonyl (C=O) groups is 1. The number of nitroso groups, excluding NO2 is 1. The fourth-order valence-corrected chi connectivity index (χ4v) is 1.75. The monoisotopic (exact) mass is 205 g/mol. The van der Waals surface area contributed by atoms with E-state index in [-0.39, 0.29) is 12.6 Å². The fraction of sp³-hybridized carbons (Fsp3) is 0.364. The number of hydrogen-bond acceptors (Lipinski definition) is 4. The summed E-state index contributed by atoms with van der Waals surface area (Å²) >= 11 is 0. The molecule has 0 saturated heterocycles. The van der Waals surface area contributed by atoms with Gasteiger partial charge in [-0.25, -0.2) is 0 Å². The van der Waals surface area contributed by atoms with Gasteiger partial charge in [-0.1, -0.05) is 5.18 Å². The molecule has 0 amide bonds. The highest BCUT2D eigenvalue weighted by Crippen LogP contribution is 2.28. The van der Waals surface area contributed by atoms with E-state index in [0.29, 0.717) is 5.56 Å². The van der Waals surface area contributed by atoms with Gasteiger partial charge in [0.05, 0.1) is 0 Å². The van der Waals surface area contributed by atoms with Crippen molar-refractivity contribution >= 4 is 6.29 Å². The summed E-state index contributed by atoms with van der Waals surface area (Å²) in [5.74, 6) is 0.764. The van der Waals surface area contributed by atoms with Crippen molar-refractivity contribution in [1.82, 2.24) is 0 Å². The van der Waals surface area contributed by atoms with Gasteiger partial charge in [0.1, 0.15) is 24.7 Å². The number of ether oxygens (including phenoxy) is 1. The Labute approximate surface area is 87.2 Å². The Morgan fingerprint density at radius 2 is 2.40 bits per heavy atom. The molecule has 0 fully saturated rings. The zero-order valence-corrected chi connectivity index (χ0v) is 8.18. The van der Waals surface area contributed by atoms with Crippen molar-refractivity contribution in [2.24, 2.45) is 5.18 Å². The van der Waals surface area contributed by atoms with E-state index in [9.17, 15) is 9.70 Å². The Morgan fingerprint density at radius 1 is 1.53 bits per heavy atom. The van der Waals surface area contributed by atoms with Crippen LogP contribution >= 0.6 is 0 Å². The van der Waals surface area contributed by atoms with Crippen LogP contribution in [0.3, 0.4) is 0 Å². The zero-order chi connectivity index (χ0) is 10.7. The lowest BCUT2D eigenvalue weighted by Crippen LogP contribution is -2.25. The number of carbonyl (C=O) groups excluding carboxylic acids is 1. The molecule has 4 heteroatoms. The quantitative estimate of drug-likeness (QED) is 0.559. The molecule has 1 aromatic carbocycles. The molecule has 1 aliphatic rings. The Bertz CT molecular complexity index is 389. The van der Waals surface area contributed by atoms with Crippen molar-refractivity contribution in [1.29, 1.82) is 0 Å². The molecule has 1 aromatic rings. The maximum absolute atomic E-state index is 10.6. The molecule has 15 heavy (non-hydrogen) atoms. The highest BCUT2D eigenvalue weighted by molar-refractivity contribution is 5.75. The Hall–Kier alpha value is -1.71. The number of fused-ring (bicyclic) bond motifs is 1. The van der Waals surface area contributed by atoms with Crippen LogP contribution in [0, 0.1) is 4.91 Å². The van der Waals surface area contributed by atoms with E-state index in [4.69, 9.17) is 4.74 Å². The van der Waals surface area contributed by atoms with Gasteiger partial charge in [-0.2, -0.15) is 4.91 Å². The Kier molecular flexibility index (Phi) is 2.76. The first-order chi connectivity index (χ1) is 7.33. The van der Waals surface area contributed by atoms with Crippen LogP contribution in [0.1, 0.15) is 22.3 Å². The van der Waals surface area contributed by atoms with Crippen LogP contribution in [0.4, 0.5) is 0 Å². The van der Waals surface area contributed by atoms with E-state index < -0.39 is 0 Å². The van der Waals surface area contributed by atoms with E-state index >= 15 is 0 Å². The van der Waals surface area contributed by atoms with Crippen molar-refractivity contribution in [3.05, 3.63) is 34.2 Å². The van der Waals surface area contributed by atoms with Crippen LogP contribution in [0.25, 0.3) is 0 Å². The van der Waals surface area contributed by atoms with Crippen molar-refractivity contribution in [3.8, 4) is 5.75 Å². The predicted molar refractivity (Wildman–Crippen MR) is 55.2 cm³/mol. The summed E-state index contributed by atoms with van der Waals surface area (Å²) in [7, 11) is 0. The maximum atomic E-state index is 10.6. The standard InChI is InChI=1S/C11H11NO3/c13-7-8-1-4-11-9(5-8)2-3-10(15-11)6-12-14/h1,4-5,7,10H,2-3,6H2. The van der Waals surface area contributed by atoms with Gasteiger partial charge in [-0.3, -0.25) is 4.79 Å². The predicted octanol–water partition coefficient (Wildman–Crippen LogP) is 1.96. The lowest BCUT2D eigenvalue weighted by molar-refractivity contribution is 0.112. The van der Waals surface area contributed by atoms with Crippen LogP contribution in [0.5, 0.6) is 5.75 Å². The molecule has 1 aliphatic heterocycles. The molecule has 0 saturated carbocycles. The summed E-state index contributed by atoms with van der Waals surface area (Å²) in [6, 6.07) is 5.31. The van der Waals surface area contributed by atoms with Crippen molar-refractivity contribution < 1.29 is 9.53 Å². The topological polar surface area (TPSA) is 55.7 Å². The normalized spacial score (nSPS) is 18.8. The van der Waals surface area contributed by atoms with E-state index in [0.717, 1.165) is 30.4 Å². The van der Waals surface area contributed by atoms with Gasteiger partial charge in [0.25, 0.3) is 0 Å². The lowest BCUT2D eigenvalue weighted by atomic mass is 10.0. The minimum atomic E-state index is -0.114. The molecular weight excluding hydrogens is 194 g/mol. The third-order valence-corrected chi connectivity index (χ3v) is 2.53. The molecule has 78 valence electrons. The van der Waals surface area contributed by atoms with Crippen LogP contribution in [-0.2, 0) is 6.42 Å². The average molecular weight is 205 g/mol. The molecule has 0 spiro atoms. The molecule has 2 rings (SSSR count).